The molecule has 2 rings (SSSR count). The number of halogens is 3. The van der Waals surface area contributed by atoms with Crippen molar-refractivity contribution in [2.45, 2.75) is 19.4 Å². The van der Waals surface area contributed by atoms with Crippen LogP contribution in [0.25, 0.3) is 0 Å². The number of amides is 1. The van der Waals surface area contributed by atoms with Gasteiger partial charge in [-0.2, -0.15) is 0 Å². The number of aryl methyl sites for hydroxylation is 1. The number of carbonyl (C=O) groups is 1. The predicted octanol–water partition coefficient (Wildman–Crippen LogP) is 4.39. The molecule has 5 heteroatoms. The van der Waals surface area contributed by atoms with Gasteiger partial charge >= 0.3 is 0 Å². The average Bonchev–Trinajstić information content (AvgIpc) is 2.52. The second-order valence-corrected chi connectivity index (χ2v) is 5.52. The molecule has 1 atom stereocenters. The van der Waals surface area contributed by atoms with Gasteiger partial charge in [0.15, 0.2) is 0 Å². The number of nitrogens with one attached hydrogen (secondary N) is 1. The molecule has 0 heterocycles. The van der Waals surface area contributed by atoms with E-state index >= 15 is 0 Å². The lowest BCUT2D eigenvalue weighted by Crippen LogP contribution is -2.31. The van der Waals surface area contributed by atoms with Crippen molar-refractivity contribution in [2.75, 3.05) is 5.33 Å². The third-order valence-electron chi connectivity index (χ3n) is 3.44. The summed E-state index contributed by atoms with van der Waals surface area (Å²) in [6.07, 6.45) is 0.923. The molecule has 2 aromatic carbocycles. The molecule has 116 valence electrons. The van der Waals surface area contributed by atoms with Crippen LogP contribution in [0.5, 0.6) is 0 Å². The Morgan fingerprint density at radius 2 is 1.73 bits per heavy atom. The van der Waals surface area contributed by atoms with Crippen molar-refractivity contribution >= 4 is 21.8 Å². The monoisotopic (exact) mass is 367 g/mol. The molecule has 0 saturated carbocycles. The van der Waals surface area contributed by atoms with Gasteiger partial charge in [-0.3, -0.25) is 4.79 Å². The van der Waals surface area contributed by atoms with Crippen LogP contribution in [0.3, 0.4) is 0 Å². The number of hydrogen-bond acceptors (Lipinski definition) is 1. The van der Waals surface area contributed by atoms with Crippen LogP contribution in [0.4, 0.5) is 8.78 Å². The number of benzene rings is 2. The summed E-state index contributed by atoms with van der Waals surface area (Å²) in [5, 5.41) is 3.10. The van der Waals surface area contributed by atoms with Crippen molar-refractivity contribution in [2.24, 2.45) is 0 Å². The van der Waals surface area contributed by atoms with E-state index in [9.17, 15) is 13.6 Å². The van der Waals surface area contributed by atoms with Crippen LogP contribution in [0, 0.1) is 11.6 Å². The third kappa shape index (κ3) is 3.71. The Balaban J connectivity index is 2.20. The van der Waals surface area contributed by atoms with Gasteiger partial charge in [0.2, 0.25) is 0 Å². The molecule has 1 N–H and O–H groups in total. The molecule has 0 aromatic heterocycles. The van der Waals surface area contributed by atoms with Gasteiger partial charge in [-0.15, -0.1) is 0 Å². The normalized spacial score (nSPS) is 12.0. The maximum Gasteiger partial charge on any atom is 0.257 e. The Labute approximate surface area is 136 Å². The van der Waals surface area contributed by atoms with Gasteiger partial charge in [0.05, 0.1) is 6.04 Å². The van der Waals surface area contributed by atoms with Gasteiger partial charge in [0.1, 0.15) is 17.2 Å². The number of rotatable bonds is 5. The summed E-state index contributed by atoms with van der Waals surface area (Å²) >= 11 is 3.32. The fraction of sp³-hybridized carbons (Fsp3) is 0.235. The first kappa shape index (κ1) is 16.6. The SMILES string of the molecule is CCc1ccc(C(CBr)NC(=O)c2c(F)cccc2F)cc1. The van der Waals surface area contributed by atoms with Crippen molar-refractivity contribution < 1.29 is 13.6 Å². The van der Waals surface area contributed by atoms with Crippen molar-refractivity contribution in [1.82, 2.24) is 5.32 Å². The van der Waals surface area contributed by atoms with E-state index in [4.69, 9.17) is 0 Å². The minimum Gasteiger partial charge on any atom is -0.344 e. The van der Waals surface area contributed by atoms with E-state index in [2.05, 4.69) is 28.2 Å². The van der Waals surface area contributed by atoms with Crippen LogP contribution in [-0.2, 0) is 6.42 Å². The minimum atomic E-state index is -0.868. The molecule has 0 saturated heterocycles. The maximum absolute atomic E-state index is 13.6. The van der Waals surface area contributed by atoms with E-state index in [1.54, 1.807) is 0 Å². The Morgan fingerprint density at radius 1 is 1.14 bits per heavy atom. The van der Waals surface area contributed by atoms with E-state index < -0.39 is 23.1 Å². The zero-order chi connectivity index (χ0) is 16.1. The predicted molar refractivity (Wildman–Crippen MR) is 86.2 cm³/mol. The molecule has 0 spiro atoms. The summed E-state index contributed by atoms with van der Waals surface area (Å²) in [4.78, 5) is 12.1. The molecule has 0 fully saturated rings. The van der Waals surface area contributed by atoms with Crippen LogP contribution in [0.15, 0.2) is 42.5 Å². The highest BCUT2D eigenvalue weighted by atomic mass is 79.9. The summed E-state index contributed by atoms with van der Waals surface area (Å²) in [5.74, 6) is -2.50. The largest absolute Gasteiger partial charge is 0.344 e. The highest BCUT2D eigenvalue weighted by molar-refractivity contribution is 9.09. The van der Waals surface area contributed by atoms with Gasteiger partial charge in [-0.1, -0.05) is 53.2 Å². The molecule has 0 bridgehead atoms. The first-order valence-corrected chi connectivity index (χ1v) is 8.08. The van der Waals surface area contributed by atoms with Gasteiger partial charge in [-0.05, 0) is 29.7 Å². The van der Waals surface area contributed by atoms with E-state index in [1.165, 1.54) is 11.6 Å². The fourth-order valence-electron chi connectivity index (χ4n) is 2.14. The summed E-state index contributed by atoms with van der Waals surface area (Å²) < 4.78 is 27.3. The van der Waals surface area contributed by atoms with Crippen molar-refractivity contribution in [3.05, 3.63) is 70.8 Å². The molecule has 0 aliphatic rings. The number of alkyl halides is 1. The average molecular weight is 368 g/mol. The van der Waals surface area contributed by atoms with Gasteiger partial charge in [0, 0.05) is 5.33 Å². The molecule has 2 nitrogen and oxygen atoms in total. The van der Waals surface area contributed by atoms with E-state index in [0.717, 1.165) is 24.1 Å². The second-order valence-electron chi connectivity index (χ2n) is 4.87. The summed E-state index contributed by atoms with van der Waals surface area (Å²) in [6, 6.07) is 10.8. The Kier molecular flexibility index (Phi) is 5.66. The Hall–Kier alpha value is -1.75. The van der Waals surface area contributed by atoms with Gasteiger partial charge in [-0.25, -0.2) is 8.78 Å². The Bertz CT molecular complexity index is 638. The lowest BCUT2D eigenvalue weighted by molar-refractivity contribution is 0.0932. The van der Waals surface area contributed by atoms with Crippen molar-refractivity contribution in [1.29, 1.82) is 0 Å². The van der Waals surface area contributed by atoms with Crippen LogP contribution in [0.2, 0.25) is 0 Å². The summed E-state index contributed by atoms with van der Waals surface area (Å²) in [6.45, 7) is 2.06. The van der Waals surface area contributed by atoms with Gasteiger partial charge < -0.3 is 5.32 Å². The molecular formula is C17H16BrF2NO. The van der Waals surface area contributed by atoms with Crippen molar-refractivity contribution in [3.8, 4) is 0 Å². The third-order valence-corrected chi connectivity index (χ3v) is 4.09. The highest BCUT2D eigenvalue weighted by Gasteiger charge is 2.20. The second kappa shape index (κ2) is 7.49. The Morgan fingerprint density at radius 3 is 2.23 bits per heavy atom. The highest BCUT2D eigenvalue weighted by Crippen LogP contribution is 2.19. The van der Waals surface area contributed by atoms with Gasteiger partial charge in [0.25, 0.3) is 5.91 Å². The number of hydrogen-bond donors (Lipinski definition) is 1. The fourth-order valence-corrected chi connectivity index (χ4v) is 2.68. The summed E-state index contributed by atoms with van der Waals surface area (Å²) in [7, 11) is 0. The summed E-state index contributed by atoms with van der Waals surface area (Å²) in [5.41, 5.74) is 1.50. The van der Waals surface area contributed by atoms with E-state index in [1.807, 2.05) is 24.3 Å². The molecule has 1 amide bonds. The van der Waals surface area contributed by atoms with Crippen LogP contribution < -0.4 is 5.32 Å². The molecule has 0 aliphatic heterocycles. The molecule has 0 radical (unpaired) electrons. The first-order chi connectivity index (χ1) is 10.6. The zero-order valence-electron chi connectivity index (χ0n) is 12.1. The van der Waals surface area contributed by atoms with E-state index in [0.29, 0.717) is 5.33 Å². The lowest BCUT2D eigenvalue weighted by atomic mass is 10.0. The van der Waals surface area contributed by atoms with Crippen LogP contribution in [0.1, 0.15) is 34.5 Å². The topological polar surface area (TPSA) is 29.1 Å². The molecular weight excluding hydrogens is 352 g/mol. The zero-order valence-corrected chi connectivity index (χ0v) is 13.7. The number of carbonyl (C=O) groups excluding carboxylic acids is 1. The standard InChI is InChI=1S/C17H16BrF2NO/c1-2-11-6-8-12(9-7-11)15(10-18)21-17(22)16-13(19)4-3-5-14(16)20/h3-9,15H,2,10H2,1H3,(H,21,22). The quantitative estimate of drug-likeness (QED) is 0.780. The van der Waals surface area contributed by atoms with E-state index in [-0.39, 0.29) is 6.04 Å². The van der Waals surface area contributed by atoms with Crippen molar-refractivity contribution in [3.63, 3.8) is 0 Å². The molecule has 0 aliphatic carbocycles. The lowest BCUT2D eigenvalue weighted by Gasteiger charge is -2.17. The van der Waals surface area contributed by atoms with Crippen LogP contribution >= 0.6 is 15.9 Å². The molecule has 2 aromatic rings. The minimum absolute atomic E-state index is 0.364. The maximum atomic E-state index is 13.6. The smallest absolute Gasteiger partial charge is 0.257 e. The molecule has 1 unspecified atom stereocenters. The van der Waals surface area contributed by atoms with Crippen LogP contribution in [-0.4, -0.2) is 11.2 Å². The molecule has 22 heavy (non-hydrogen) atoms. The first-order valence-electron chi connectivity index (χ1n) is 6.96.